The Balaban J connectivity index is 1.12. The van der Waals surface area contributed by atoms with Gasteiger partial charge in [-0.3, -0.25) is 19.2 Å². The molecule has 1 amide bonds. The fraction of sp³-hybridized carbons (Fsp3) is 0.400. The Morgan fingerprint density at radius 3 is 2.24 bits per heavy atom. The maximum Gasteiger partial charge on any atom is 0.254 e. The molecule has 0 spiro atoms. The van der Waals surface area contributed by atoms with E-state index >= 15 is 4.39 Å². The molecule has 2 N–H and O–H groups in total. The van der Waals surface area contributed by atoms with E-state index in [-0.39, 0.29) is 51.7 Å². The normalized spacial score (nSPS) is 20.1. The second-order valence-corrected chi connectivity index (χ2v) is 14.2. The van der Waals surface area contributed by atoms with Crippen molar-refractivity contribution in [2.24, 2.45) is 0 Å². The molecular weight excluding hydrogens is 649 g/mol. The molecule has 2 aliphatic carbocycles. The van der Waals surface area contributed by atoms with Gasteiger partial charge in [0.15, 0.2) is 28.9 Å². The molecular formula is C40H42FN5O5. The fourth-order valence-corrected chi connectivity index (χ4v) is 8.15. The number of halogens is 1. The lowest BCUT2D eigenvalue weighted by molar-refractivity contribution is -0.117. The summed E-state index contributed by atoms with van der Waals surface area (Å²) in [4.78, 5) is 62.0. The number of benzene rings is 3. The van der Waals surface area contributed by atoms with E-state index in [1.807, 2.05) is 0 Å². The Morgan fingerprint density at radius 2 is 1.51 bits per heavy atom. The smallest absolute Gasteiger partial charge is 0.254 e. The molecule has 1 atom stereocenters. The molecule has 51 heavy (non-hydrogen) atoms. The third-order valence-electron chi connectivity index (χ3n) is 11.0. The van der Waals surface area contributed by atoms with Crippen LogP contribution in [0.5, 0.6) is 11.5 Å². The van der Waals surface area contributed by atoms with Crippen molar-refractivity contribution in [2.75, 3.05) is 77.8 Å². The van der Waals surface area contributed by atoms with E-state index in [0.29, 0.717) is 41.1 Å². The van der Waals surface area contributed by atoms with Gasteiger partial charge in [0.25, 0.3) is 5.91 Å². The highest BCUT2D eigenvalue weighted by molar-refractivity contribution is 6.29. The Kier molecular flexibility index (Phi) is 9.03. The maximum atomic E-state index is 16.2. The van der Waals surface area contributed by atoms with E-state index < -0.39 is 23.4 Å². The van der Waals surface area contributed by atoms with Gasteiger partial charge in [0.2, 0.25) is 0 Å². The SMILES string of the molecule is CN1CCN(CCCNC(=O)C2=CCC3c4cc5c(cc4Oc4c(NCCN6CCCC6)c(F)cc(c43)C2=O)C(=O)c2ccccc2C5=O)CC1. The summed E-state index contributed by atoms with van der Waals surface area (Å²) in [5.74, 6) is -2.32. The lowest BCUT2D eigenvalue weighted by atomic mass is 9.78. The van der Waals surface area contributed by atoms with E-state index in [0.717, 1.165) is 71.6 Å². The highest BCUT2D eigenvalue weighted by Gasteiger charge is 2.40. The number of carbonyl (C=O) groups is 4. The second kappa shape index (κ2) is 13.8. The quantitative estimate of drug-likeness (QED) is 0.192. The van der Waals surface area contributed by atoms with Crippen molar-refractivity contribution >= 4 is 28.9 Å². The van der Waals surface area contributed by atoms with Crippen LogP contribution in [0.25, 0.3) is 0 Å². The standard InChI is InChI=1S/C40H42FN5O5/c1-44-17-19-46(20-18-44)15-6-11-43-40(50)27-10-9-24-28-21-29-30(37(48)26-8-3-2-7-25(26)36(29)47)23-33(28)51-39-34(24)31(38(27)49)22-32(41)35(39)42-12-16-45-13-4-5-14-45/h2-3,7-8,10,21-24,42H,4-6,9,11-20H2,1H3,(H,43,50). The number of anilines is 1. The van der Waals surface area contributed by atoms with Crippen molar-refractivity contribution in [3.05, 3.63) is 98.9 Å². The third-order valence-corrected chi connectivity index (χ3v) is 11.0. The molecule has 3 heterocycles. The van der Waals surface area contributed by atoms with Crippen molar-refractivity contribution in [2.45, 2.75) is 31.6 Å². The summed E-state index contributed by atoms with van der Waals surface area (Å²) in [6.07, 6.45) is 4.88. The molecule has 3 aromatic carbocycles. The number of rotatable bonds is 9. The van der Waals surface area contributed by atoms with E-state index in [2.05, 4.69) is 32.4 Å². The van der Waals surface area contributed by atoms with Crippen LogP contribution in [0.15, 0.2) is 54.1 Å². The molecule has 2 saturated heterocycles. The van der Waals surface area contributed by atoms with Gasteiger partial charge in [0, 0.05) is 90.7 Å². The summed E-state index contributed by atoms with van der Waals surface area (Å²) >= 11 is 0. The first kappa shape index (κ1) is 33.4. The first-order valence-electron chi connectivity index (χ1n) is 18.1. The third kappa shape index (κ3) is 6.17. The van der Waals surface area contributed by atoms with Crippen LogP contribution in [0.2, 0.25) is 0 Å². The molecule has 2 fully saturated rings. The molecule has 0 radical (unpaired) electrons. The lowest BCUT2D eigenvalue weighted by Gasteiger charge is -2.32. The number of carbonyl (C=O) groups excluding carboxylic acids is 4. The van der Waals surface area contributed by atoms with Crippen molar-refractivity contribution < 1.29 is 28.3 Å². The highest BCUT2D eigenvalue weighted by atomic mass is 19.1. The van der Waals surface area contributed by atoms with Crippen LogP contribution >= 0.6 is 0 Å². The Hall–Kier alpha value is -4.71. The number of likely N-dealkylation sites (tertiary alicyclic amines) is 1. The zero-order chi connectivity index (χ0) is 35.2. The zero-order valence-electron chi connectivity index (χ0n) is 28.9. The average Bonchev–Trinajstić information content (AvgIpc) is 3.61. The number of ketones is 3. The van der Waals surface area contributed by atoms with Gasteiger partial charge in [-0.2, -0.15) is 0 Å². The molecule has 3 aliphatic heterocycles. The van der Waals surface area contributed by atoms with E-state index in [4.69, 9.17) is 4.74 Å². The monoisotopic (exact) mass is 691 g/mol. The molecule has 0 bridgehead atoms. The Morgan fingerprint density at radius 1 is 0.824 bits per heavy atom. The van der Waals surface area contributed by atoms with Crippen LogP contribution in [-0.2, 0) is 4.79 Å². The van der Waals surface area contributed by atoms with Gasteiger partial charge in [-0.25, -0.2) is 4.39 Å². The predicted molar refractivity (Wildman–Crippen MR) is 191 cm³/mol. The van der Waals surface area contributed by atoms with Gasteiger partial charge >= 0.3 is 0 Å². The summed E-state index contributed by atoms with van der Waals surface area (Å²) in [5.41, 5.74) is 2.38. The summed E-state index contributed by atoms with van der Waals surface area (Å²) in [6.45, 7) is 8.41. The van der Waals surface area contributed by atoms with Crippen molar-refractivity contribution in [1.82, 2.24) is 20.0 Å². The van der Waals surface area contributed by atoms with Crippen LogP contribution in [0.4, 0.5) is 10.1 Å². The Bertz CT molecular complexity index is 1980. The summed E-state index contributed by atoms with van der Waals surface area (Å²) in [5, 5.41) is 6.17. The number of hydrogen-bond acceptors (Lipinski definition) is 9. The van der Waals surface area contributed by atoms with E-state index in [9.17, 15) is 19.2 Å². The number of piperazine rings is 1. The number of ether oxygens (including phenoxy) is 1. The minimum Gasteiger partial charge on any atom is -0.454 e. The van der Waals surface area contributed by atoms with Crippen molar-refractivity contribution in [1.29, 1.82) is 0 Å². The van der Waals surface area contributed by atoms with Gasteiger partial charge in [-0.05, 0) is 70.6 Å². The van der Waals surface area contributed by atoms with Crippen molar-refractivity contribution in [3.8, 4) is 11.5 Å². The van der Waals surface area contributed by atoms with Gasteiger partial charge in [-0.15, -0.1) is 0 Å². The summed E-state index contributed by atoms with van der Waals surface area (Å²) < 4.78 is 22.6. The Labute approximate surface area is 296 Å². The number of hydrogen-bond donors (Lipinski definition) is 2. The number of Topliss-reactive ketones (excluding diaryl/α,β-unsaturated/α-hetero) is 1. The molecule has 10 nitrogen and oxygen atoms in total. The fourth-order valence-electron chi connectivity index (χ4n) is 8.15. The van der Waals surface area contributed by atoms with Crippen LogP contribution in [0.1, 0.15) is 84.9 Å². The van der Waals surface area contributed by atoms with Crippen LogP contribution in [0.3, 0.4) is 0 Å². The number of nitrogens with zero attached hydrogens (tertiary/aromatic N) is 3. The minimum absolute atomic E-state index is 0.0416. The molecule has 1 unspecified atom stereocenters. The van der Waals surface area contributed by atoms with Crippen molar-refractivity contribution in [3.63, 3.8) is 0 Å². The molecule has 3 aromatic rings. The number of nitrogens with one attached hydrogen (secondary N) is 2. The second-order valence-electron chi connectivity index (χ2n) is 14.2. The number of amides is 1. The molecule has 0 saturated carbocycles. The van der Waals surface area contributed by atoms with Crippen LogP contribution in [-0.4, -0.2) is 110 Å². The van der Waals surface area contributed by atoms with E-state index in [1.165, 1.54) is 6.07 Å². The van der Waals surface area contributed by atoms with Gasteiger partial charge in [0.05, 0.1) is 5.57 Å². The minimum atomic E-state index is -0.660. The molecule has 0 aromatic heterocycles. The average molecular weight is 692 g/mol. The molecule has 264 valence electrons. The number of fused-ring (bicyclic) bond motifs is 4. The predicted octanol–water partition coefficient (Wildman–Crippen LogP) is 4.61. The molecule has 5 aliphatic rings. The number of allylic oxidation sites excluding steroid dienone is 1. The summed E-state index contributed by atoms with van der Waals surface area (Å²) in [7, 11) is 2.11. The van der Waals surface area contributed by atoms with E-state index in [1.54, 1.807) is 42.5 Å². The van der Waals surface area contributed by atoms with Crippen LogP contribution in [0, 0.1) is 5.82 Å². The molecule has 11 heteroatoms. The first-order chi connectivity index (χ1) is 24.8. The zero-order valence-corrected chi connectivity index (χ0v) is 28.9. The van der Waals surface area contributed by atoms with Crippen LogP contribution < -0.4 is 15.4 Å². The molecule has 8 rings (SSSR count). The lowest BCUT2D eigenvalue weighted by Crippen LogP contribution is -2.45. The highest BCUT2D eigenvalue weighted by Crippen LogP contribution is 2.53. The van der Waals surface area contributed by atoms with Gasteiger partial charge < -0.3 is 30.1 Å². The number of likely N-dealkylation sites (N-methyl/N-ethyl adjacent to an activating group) is 1. The van der Waals surface area contributed by atoms with Gasteiger partial charge in [-0.1, -0.05) is 30.3 Å². The maximum absolute atomic E-state index is 16.2. The topological polar surface area (TPSA) is 111 Å². The summed E-state index contributed by atoms with van der Waals surface area (Å²) in [6, 6.07) is 11.2. The first-order valence-corrected chi connectivity index (χ1v) is 18.1. The largest absolute Gasteiger partial charge is 0.454 e. The van der Waals surface area contributed by atoms with Gasteiger partial charge in [0.1, 0.15) is 11.4 Å².